The molecular weight excluding hydrogens is 425 g/mol. The lowest BCUT2D eigenvalue weighted by Crippen LogP contribution is -2.27. The lowest BCUT2D eigenvalue weighted by atomic mass is 10.1. The molecule has 32 heavy (non-hydrogen) atoms. The third kappa shape index (κ3) is 4.13. The largest absolute Gasteiger partial charge is 0.493 e. The fourth-order valence-corrected chi connectivity index (χ4v) is 5.20. The molecule has 1 aromatic heterocycles. The number of ether oxygens (including phenoxy) is 1. The van der Waals surface area contributed by atoms with Crippen LogP contribution in [0.1, 0.15) is 12.5 Å². The summed E-state index contributed by atoms with van der Waals surface area (Å²) < 4.78 is 31.7. The molecule has 5 nitrogen and oxygen atoms in total. The molecule has 3 atom stereocenters. The van der Waals surface area contributed by atoms with Crippen molar-refractivity contribution in [2.75, 3.05) is 30.9 Å². The third-order valence-electron chi connectivity index (χ3n) is 6.63. The van der Waals surface area contributed by atoms with Gasteiger partial charge >= 0.3 is 0 Å². The maximum Gasteiger partial charge on any atom is 0.225 e. The van der Waals surface area contributed by atoms with Gasteiger partial charge in [0.05, 0.1) is 22.3 Å². The van der Waals surface area contributed by atoms with Crippen molar-refractivity contribution in [2.24, 2.45) is 17.8 Å². The van der Waals surface area contributed by atoms with E-state index in [9.17, 15) is 8.60 Å². The van der Waals surface area contributed by atoms with E-state index in [1.54, 1.807) is 12.1 Å². The van der Waals surface area contributed by atoms with Crippen molar-refractivity contribution in [2.45, 2.75) is 18.2 Å². The molecule has 1 saturated heterocycles. The van der Waals surface area contributed by atoms with Crippen LogP contribution >= 0.6 is 0 Å². The number of hydrogen-bond donors (Lipinski definition) is 0. The van der Waals surface area contributed by atoms with Crippen LogP contribution in [0.3, 0.4) is 0 Å². The Balaban J connectivity index is 1.14. The van der Waals surface area contributed by atoms with E-state index in [0.29, 0.717) is 24.4 Å². The number of hydrogen-bond acceptors (Lipinski definition) is 5. The maximum atomic E-state index is 14.1. The maximum absolute atomic E-state index is 14.1. The van der Waals surface area contributed by atoms with E-state index in [0.717, 1.165) is 47.9 Å². The summed E-state index contributed by atoms with van der Waals surface area (Å²) in [5, 5.41) is 0. The van der Waals surface area contributed by atoms with Gasteiger partial charge in [-0.1, -0.05) is 25.1 Å². The molecular formula is C25H26FN3O2S. The van der Waals surface area contributed by atoms with Crippen molar-refractivity contribution in [1.82, 2.24) is 9.97 Å². The summed E-state index contributed by atoms with van der Waals surface area (Å²) in [6.45, 7) is 4.81. The molecule has 1 saturated carbocycles. The number of anilines is 1. The van der Waals surface area contributed by atoms with E-state index >= 15 is 0 Å². The van der Waals surface area contributed by atoms with Crippen LogP contribution in [0.5, 0.6) is 5.75 Å². The third-order valence-corrected chi connectivity index (χ3v) is 7.58. The van der Waals surface area contributed by atoms with Crippen LogP contribution in [0.25, 0.3) is 11.1 Å². The molecule has 2 aromatic carbocycles. The Bertz CT molecular complexity index is 1120. The average molecular weight is 452 g/mol. The second-order valence-electron chi connectivity index (χ2n) is 8.58. The monoisotopic (exact) mass is 451 g/mol. The summed E-state index contributed by atoms with van der Waals surface area (Å²) in [4.78, 5) is 11.5. The molecule has 0 spiro atoms. The Labute approximate surface area is 190 Å². The first kappa shape index (κ1) is 21.1. The average Bonchev–Trinajstić information content (AvgIpc) is 3.26. The van der Waals surface area contributed by atoms with Crippen LogP contribution in [0, 0.1) is 23.6 Å². The summed E-state index contributed by atoms with van der Waals surface area (Å²) in [5.41, 5.74) is 2.82. The van der Waals surface area contributed by atoms with E-state index in [-0.39, 0.29) is 4.90 Å². The van der Waals surface area contributed by atoms with Gasteiger partial charge < -0.3 is 9.64 Å². The topological polar surface area (TPSA) is 55.3 Å². The summed E-state index contributed by atoms with van der Waals surface area (Å²) in [5.74, 6) is 3.09. The smallest absolute Gasteiger partial charge is 0.225 e. The van der Waals surface area contributed by atoms with Gasteiger partial charge in [0.25, 0.3) is 0 Å². The number of aryl methyl sites for hydroxylation is 1. The molecule has 0 N–H and O–H groups in total. The van der Waals surface area contributed by atoms with Crippen LogP contribution in [0.4, 0.5) is 10.3 Å². The fourth-order valence-electron chi connectivity index (χ4n) is 4.60. The zero-order valence-corrected chi connectivity index (χ0v) is 19.0. The number of rotatable bonds is 7. The number of nitrogens with zero attached hydrogens (tertiary/aromatic N) is 3. The van der Waals surface area contributed by atoms with Gasteiger partial charge in [0.15, 0.2) is 0 Å². The van der Waals surface area contributed by atoms with Crippen LogP contribution in [-0.2, 0) is 17.2 Å². The second kappa shape index (κ2) is 8.62. The van der Waals surface area contributed by atoms with Gasteiger partial charge in [-0.3, -0.25) is 4.21 Å². The molecule has 0 bridgehead atoms. The highest BCUT2D eigenvalue weighted by Crippen LogP contribution is 2.52. The number of benzene rings is 2. The van der Waals surface area contributed by atoms with Crippen LogP contribution in [0.15, 0.2) is 59.8 Å². The van der Waals surface area contributed by atoms with Crippen molar-refractivity contribution in [1.29, 1.82) is 0 Å². The number of fused-ring (bicyclic) bond motifs is 1. The van der Waals surface area contributed by atoms with Gasteiger partial charge in [0.2, 0.25) is 5.95 Å². The molecule has 3 aromatic rings. The van der Waals surface area contributed by atoms with Gasteiger partial charge in [-0.25, -0.2) is 14.4 Å². The molecule has 5 rings (SSSR count). The standard InChI is InChI=1S/C25H26FN3O2S/c1-3-16-11-27-25(28-12-16)29-13-20-21(14-29)22(20)15-31-19-7-4-17(5-8-19)18-6-9-24(32(2)30)23(26)10-18/h4-12,20-22H,3,13-15H2,1-2H3. The van der Waals surface area contributed by atoms with E-state index in [4.69, 9.17) is 4.74 Å². The van der Waals surface area contributed by atoms with Crippen LogP contribution in [-0.4, -0.2) is 40.1 Å². The van der Waals surface area contributed by atoms with E-state index < -0.39 is 16.6 Å². The van der Waals surface area contributed by atoms with E-state index in [1.165, 1.54) is 12.3 Å². The Morgan fingerprint density at radius 3 is 2.31 bits per heavy atom. The zero-order chi connectivity index (χ0) is 22.2. The van der Waals surface area contributed by atoms with Crippen molar-refractivity contribution in [3.63, 3.8) is 0 Å². The summed E-state index contributed by atoms with van der Waals surface area (Å²) in [6.07, 6.45) is 6.28. The van der Waals surface area contributed by atoms with Crippen LogP contribution in [0.2, 0.25) is 0 Å². The summed E-state index contributed by atoms with van der Waals surface area (Å²) >= 11 is 0. The second-order valence-corrected chi connectivity index (χ2v) is 9.92. The van der Waals surface area contributed by atoms with Crippen molar-refractivity contribution < 1.29 is 13.3 Å². The Morgan fingerprint density at radius 1 is 1.06 bits per heavy atom. The predicted molar refractivity (Wildman–Crippen MR) is 124 cm³/mol. The SMILES string of the molecule is CCc1cnc(N2CC3C(COc4ccc(-c5ccc(S(C)=O)c(F)c5)cc4)C3C2)nc1. The summed E-state index contributed by atoms with van der Waals surface area (Å²) in [7, 11) is -1.33. The van der Waals surface area contributed by atoms with Gasteiger partial charge in [0, 0.05) is 37.7 Å². The lowest BCUT2D eigenvalue weighted by molar-refractivity contribution is 0.283. The first-order valence-electron chi connectivity index (χ1n) is 11.0. The van der Waals surface area contributed by atoms with Crippen LogP contribution < -0.4 is 9.64 Å². The molecule has 2 fully saturated rings. The normalized spacial score (nSPS) is 22.5. The number of piperidine rings is 1. The molecule has 0 amide bonds. The zero-order valence-electron chi connectivity index (χ0n) is 18.2. The highest BCUT2D eigenvalue weighted by Gasteiger charge is 2.56. The highest BCUT2D eigenvalue weighted by molar-refractivity contribution is 7.84. The highest BCUT2D eigenvalue weighted by atomic mass is 32.2. The predicted octanol–water partition coefficient (Wildman–Crippen LogP) is 4.34. The molecule has 166 valence electrons. The Morgan fingerprint density at radius 2 is 1.72 bits per heavy atom. The Hall–Kier alpha value is -2.80. The van der Waals surface area contributed by atoms with Crippen molar-refractivity contribution in [3.05, 3.63) is 66.2 Å². The van der Waals surface area contributed by atoms with Crippen molar-refractivity contribution in [3.8, 4) is 16.9 Å². The lowest BCUT2D eigenvalue weighted by Gasteiger charge is -2.19. The molecule has 3 unspecified atom stereocenters. The quantitative estimate of drug-likeness (QED) is 0.535. The van der Waals surface area contributed by atoms with Gasteiger partial charge in [-0.15, -0.1) is 0 Å². The van der Waals surface area contributed by atoms with Crippen molar-refractivity contribution >= 4 is 16.7 Å². The molecule has 7 heteroatoms. The molecule has 1 aliphatic carbocycles. The minimum atomic E-state index is -1.33. The Kier molecular flexibility index (Phi) is 5.67. The first-order valence-corrected chi connectivity index (χ1v) is 12.5. The van der Waals surface area contributed by atoms with Gasteiger partial charge in [-0.2, -0.15) is 0 Å². The van der Waals surface area contributed by atoms with E-state index in [1.807, 2.05) is 36.7 Å². The number of aromatic nitrogens is 2. The molecule has 1 aliphatic heterocycles. The minimum Gasteiger partial charge on any atom is -0.493 e. The van der Waals surface area contributed by atoms with Gasteiger partial charge in [0.1, 0.15) is 11.6 Å². The number of halogens is 1. The van der Waals surface area contributed by atoms with Gasteiger partial charge in [-0.05, 0) is 59.2 Å². The van der Waals surface area contributed by atoms with E-state index in [2.05, 4.69) is 21.8 Å². The summed E-state index contributed by atoms with van der Waals surface area (Å²) in [6, 6.07) is 12.5. The molecule has 0 radical (unpaired) electrons. The molecule has 2 heterocycles. The fraction of sp³-hybridized carbons (Fsp3) is 0.360. The minimum absolute atomic E-state index is 0.229. The first-order chi connectivity index (χ1) is 15.5. The molecule has 2 aliphatic rings.